The lowest BCUT2D eigenvalue weighted by Crippen LogP contribution is -2.45. The van der Waals surface area contributed by atoms with E-state index < -0.39 is 22.0 Å². The van der Waals surface area contributed by atoms with Crippen molar-refractivity contribution >= 4 is 21.8 Å². The van der Waals surface area contributed by atoms with Gasteiger partial charge >= 0.3 is 0 Å². The van der Waals surface area contributed by atoms with E-state index in [0.29, 0.717) is 19.8 Å². The highest BCUT2D eigenvalue weighted by Crippen LogP contribution is 2.18. The number of carbonyl (C=O) groups is 2. The summed E-state index contributed by atoms with van der Waals surface area (Å²) in [6.07, 6.45) is 0.799. The van der Waals surface area contributed by atoms with Crippen molar-refractivity contribution in [3.63, 3.8) is 0 Å². The number of ether oxygens (including phenoxy) is 1. The molecule has 1 aromatic carbocycles. The van der Waals surface area contributed by atoms with Crippen molar-refractivity contribution in [3.8, 4) is 0 Å². The molecule has 0 aliphatic carbocycles. The Bertz CT molecular complexity index is 745. The molecule has 2 amide bonds. The standard InChI is InChI=1S/C17H25N3O5S/c1-3-7-18-16(21)13(2)19-17(22)14-5-4-6-15(12-14)26(23,24)20-8-10-25-11-9-20/h4-6,12-13H,3,7-11H2,1-2H3,(H,18,21)(H,19,22)/t13-/m0/s1. The lowest BCUT2D eigenvalue weighted by atomic mass is 10.2. The van der Waals surface area contributed by atoms with Crippen LogP contribution in [0.3, 0.4) is 0 Å². The van der Waals surface area contributed by atoms with Crippen molar-refractivity contribution in [3.05, 3.63) is 29.8 Å². The highest BCUT2D eigenvalue weighted by molar-refractivity contribution is 7.89. The summed E-state index contributed by atoms with van der Waals surface area (Å²) in [5, 5.41) is 5.28. The number of rotatable bonds is 7. The van der Waals surface area contributed by atoms with Crippen LogP contribution in [-0.4, -0.2) is 63.4 Å². The molecule has 26 heavy (non-hydrogen) atoms. The Morgan fingerprint density at radius 2 is 1.96 bits per heavy atom. The molecule has 1 saturated heterocycles. The number of benzene rings is 1. The Labute approximate surface area is 153 Å². The number of sulfonamides is 1. The smallest absolute Gasteiger partial charge is 0.251 e. The predicted octanol–water partition coefficient (Wildman–Crippen LogP) is 0.352. The molecular formula is C17H25N3O5S. The van der Waals surface area contributed by atoms with Gasteiger partial charge in [-0.2, -0.15) is 4.31 Å². The van der Waals surface area contributed by atoms with Crippen LogP contribution in [0.2, 0.25) is 0 Å². The highest BCUT2D eigenvalue weighted by atomic mass is 32.2. The van der Waals surface area contributed by atoms with Crippen LogP contribution >= 0.6 is 0 Å². The van der Waals surface area contributed by atoms with Crippen molar-refractivity contribution in [2.24, 2.45) is 0 Å². The zero-order valence-electron chi connectivity index (χ0n) is 15.0. The van der Waals surface area contributed by atoms with Gasteiger partial charge in [0.2, 0.25) is 15.9 Å². The summed E-state index contributed by atoms with van der Waals surface area (Å²) in [4.78, 5) is 24.3. The second-order valence-electron chi connectivity index (χ2n) is 6.03. The van der Waals surface area contributed by atoms with Gasteiger partial charge in [-0.25, -0.2) is 8.42 Å². The van der Waals surface area contributed by atoms with Gasteiger partial charge in [-0.15, -0.1) is 0 Å². The van der Waals surface area contributed by atoms with E-state index in [-0.39, 0.29) is 29.5 Å². The minimum atomic E-state index is -3.68. The minimum Gasteiger partial charge on any atom is -0.379 e. The molecule has 0 spiro atoms. The molecule has 1 atom stereocenters. The van der Waals surface area contributed by atoms with E-state index in [2.05, 4.69) is 10.6 Å². The molecular weight excluding hydrogens is 358 g/mol. The zero-order chi connectivity index (χ0) is 19.2. The first-order chi connectivity index (χ1) is 12.4. The Kier molecular flexibility index (Phi) is 7.13. The summed E-state index contributed by atoms with van der Waals surface area (Å²) in [5.74, 6) is -0.777. The molecule has 0 unspecified atom stereocenters. The van der Waals surface area contributed by atoms with Crippen molar-refractivity contribution in [2.75, 3.05) is 32.8 Å². The number of hydrogen-bond acceptors (Lipinski definition) is 5. The number of morpholine rings is 1. The highest BCUT2D eigenvalue weighted by Gasteiger charge is 2.27. The molecule has 0 saturated carbocycles. The maximum absolute atomic E-state index is 12.7. The molecule has 9 heteroatoms. The van der Waals surface area contributed by atoms with Gasteiger partial charge in [0.15, 0.2) is 0 Å². The van der Waals surface area contributed by atoms with E-state index in [0.717, 1.165) is 6.42 Å². The van der Waals surface area contributed by atoms with Crippen molar-refractivity contribution in [1.82, 2.24) is 14.9 Å². The molecule has 0 bridgehead atoms. The van der Waals surface area contributed by atoms with Gasteiger partial charge < -0.3 is 15.4 Å². The van der Waals surface area contributed by atoms with Crippen LogP contribution in [0, 0.1) is 0 Å². The molecule has 1 aliphatic rings. The van der Waals surface area contributed by atoms with Crippen LogP contribution in [0.4, 0.5) is 0 Å². The topological polar surface area (TPSA) is 105 Å². The second-order valence-corrected chi connectivity index (χ2v) is 7.97. The average molecular weight is 383 g/mol. The number of carbonyl (C=O) groups excluding carboxylic acids is 2. The Balaban J connectivity index is 2.10. The van der Waals surface area contributed by atoms with Gasteiger partial charge in [0.05, 0.1) is 18.1 Å². The van der Waals surface area contributed by atoms with Crippen LogP contribution in [-0.2, 0) is 19.6 Å². The number of nitrogens with one attached hydrogen (secondary N) is 2. The fraction of sp³-hybridized carbons (Fsp3) is 0.529. The molecule has 2 rings (SSSR count). The first-order valence-corrected chi connectivity index (χ1v) is 10.1. The molecule has 1 aromatic rings. The molecule has 1 fully saturated rings. The lowest BCUT2D eigenvalue weighted by molar-refractivity contribution is -0.122. The maximum atomic E-state index is 12.7. The van der Waals surface area contributed by atoms with E-state index in [4.69, 9.17) is 4.74 Å². The van der Waals surface area contributed by atoms with E-state index in [1.54, 1.807) is 6.92 Å². The quantitative estimate of drug-likeness (QED) is 0.707. The first-order valence-electron chi connectivity index (χ1n) is 8.62. The fourth-order valence-electron chi connectivity index (χ4n) is 2.48. The van der Waals surface area contributed by atoms with Crippen LogP contribution < -0.4 is 10.6 Å². The van der Waals surface area contributed by atoms with Gasteiger partial charge in [-0.1, -0.05) is 13.0 Å². The lowest BCUT2D eigenvalue weighted by Gasteiger charge is -2.26. The number of amides is 2. The largest absolute Gasteiger partial charge is 0.379 e. The minimum absolute atomic E-state index is 0.0511. The van der Waals surface area contributed by atoms with Gasteiger partial charge in [0.25, 0.3) is 5.91 Å². The van der Waals surface area contributed by atoms with Gasteiger partial charge in [0, 0.05) is 25.2 Å². The second kappa shape index (κ2) is 9.11. The Morgan fingerprint density at radius 3 is 2.62 bits per heavy atom. The molecule has 0 radical (unpaired) electrons. The fourth-order valence-corrected chi connectivity index (χ4v) is 3.93. The predicted molar refractivity (Wildman–Crippen MR) is 96.2 cm³/mol. The van der Waals surface area contributed by atoms with Gasteiger partial charge in [-0.3, -0.25) is 9.59 Å². The molecule has 1 aliphatic heterocycles. The Hall–Kier alpha value is -1.97. The monoisotopic (exact) mass is 383 g/mol. The van der Waals surface area contributed by atoms with Crippen LogP contribution in [0.5, 0.6) is 0 Å². The summed E-state index contributed by atoms with van der Waals surface area (Å²) in [7, 11) is -3.68. The third-order valence-electron chi connectivity index (χ3n) is 3.99. The van der Waals surface area contributed by atoms with Crippen molar-refractivity contribution in [1.29, 1.82) is 0 Å². The summed E-state index contributed by atoms with van der Waals surface area (Å²) >= 11 is 0. The van der Waals surface area contributed by atoms with Gasteiger partial charge in [0.1, 0.15) is 6.04 Å². The van der Waals surface area contributed by atoms with E-state index in [9.17, 15) is 18.0 Å². The maximum Gasteiger partial charge on any atom is 0.251 e. The normalized spacial score (nSPS) is 16.7. The van der Waals surface area contributed by atoms with Crippen LogP contribution in [0.25, 0.3) is 0 Å². The van der Waals surface area contributed by atoms with E-state index >= 15 is 0 Å². The SMILES string of the molecule is CCCNC(=O)[C@H](C)NC(=O)c1cccc(S(=O)(=O)N2CCOCC2)c1. The van der Waals surface area contributed by atoms with E-state index in [1.807, 2.05) is 6.92 Å². The number of hydrogen-bond donors (Lipinski definition) is 2. The Morgan fingerprint density at radius 1 is 1.27 bits per heavy atom. The summed E-state index contributed by atoms with van der Waals surface area (Å²) < 4.78 is 31.9. The summed E-state index contributed by atoms with van der Waals surface area (Å²) in [5.41, 5.74) is 0.189. The van der Waals surface area contributed by atoms with Gasteiger partial charge in [-0.05, 0) is 31.5 Å². The molecule has 144 valence electrons. The summed E-state index contributed by atoms with van der Waals surface area (Å²) in [6.45, 7) is 5.32. The van der Waals surface area contributed by atoms with E-state index in [1.165, 1.54) is 28.6 Å². The third-order valence-corrected chi connectivity index (χ3v) is 5.89. The molecule has 2 N–H and O–H groups in total. The molecule has 1 heterocycles. The summed E-state index contributed by atoms with van der Waals surface area (Å²) in [6, 6.07) is 5.11. The van der Waals surface area contributed by atoms with Crippen molar-refractivity contribution in [2.45, 2.75) is 31.2 Å². The zero-order valence-corrected chi connectivity index (χ0v) is 15.8. The average Bonchev–Trinajstić information content (AvgIpc) is 2.66. The van der Waals surface area contributed by atoms with Crippen molar-refractivity contribution < 1.29 is 22.7 Å². The molecule has 8 nitrogen and oxygen atoms in total. The number of nitrogens with zero attached hydrogens (tertiary/aromatic N) is 1. The van der Waals surface area contributed by atoms with Crippen LogP contribution in [0.1, 0.15) is 30.6 Å². The first kappa shape index (κ1) is 20.3. The van der Waals surface area contributed by atoms with Crippen LogP contribution in [0.15, 0.2) is 29.2 Å². The third kappa shape index (κ3) is 5.03. The molecule has 0 aromatic heterocycles.